The Labute approximate surface area is 209 Å². The Hall–Kier alpha value is -4.24. The predicted octanol–water partition coefficient (Wildman–Crippen LogP) is 4.31. The SMILES string of the molecule is Cc1cc(Nc2ncnn3ccc(CN4CCC(=O)CC4)c23)ccc1OC1=CC2=CCC=NN2C=C1. The number of Topliss-reactive ketones (excluding diaryl/α,β-unsaturated/α-hetero) is 1. The number of aryl methyl sites for hydroxylation is 1. The molecule has 1 fully saturated rings. The van der Waals surface area contributed by atoms with Crippen LogP contribution in [0.3, 0.4) is 0 Å². The number of carbonyl (C=O) groups is 1. The van der Waals surface area contributed by atoms with Gasteiger partial charge in [-0.2, -0.15) is 10.2 Å². The summed E-state index contributed by atoms with van der Waals surface area (Å²) >= 11 is 0. The molecule has 0 atom stereocenters. The van der Waals surface area contributed by atoms with Gasteiger partial charge in [0.15, 0.2) is 5.82 Å². The van der Waals surface area contributed by atoms with Crippen LogP contribution in [0.4, 0.5) is 11.5 Å². The van der Waals surface area contributed by atoms with E-state index in [4.69, 9.17) is 4.74 Å². The Morgan fingerprint density at radius 1 is 1.17 bits per heavy atom. The fraction of sp³-hybridized carbons (Fsp3) is 0.259. The van der Waals surface area contributed by atoms with Crippen molar-refractivity contribution in [3.05, 3.63) is 83.8 Å². The summed E-state index contributed by atoms with van der Waals surface area (Å²) in [6.45, 7) is 4.38. The largest absolute Gasteiger partial charge is 0.457 e. The van der Waals surface area contributed by atoms with Crippen LogP contribution in [0.1, 0.15) is 30.4 Å². The maximum Gasteiger partial charge on any atom is 0.158 e. The third-order valence-electron chi connectivity index (χ3n) is 6.58. The van der Waals surface area contributed by atoms with Gasteiger partial charge in [-0.25, -0.2) is 14.5 Å². The van der Waals surface area contributed by atoms with Crippen LogP contribution in [0.2, 0.25) is 0 Å². The Morgan fingerprint density at radius 2 is 2.06 bits per heavy atom. The summed E-state index contributed by atoms with van der Waals surface area (Å²) in [6, 6.07) is 8.08. The first kappa shape index (κ1) is 22.2. The molecule has 1 saturated heterocycles. The van der Waals surface area contributed by atoms with Crippen molar-refractivity contribution in [3.63, 3.8) is 0 Å². The van der Waals surface area contributed by atoms with E-state index in [1.807, 2.05) is 59.3 Å². The molecular formula is C27H27N7O2. The molecule has 0 bridgehead atoms. The van der Waals surface area contributed by atoms with Gasteiger partial charge in [0, 0.05) is 69.3 Å². The van der Waals surface area contributed by atoms with Gasteiger partial charge < -0.3 is 10.1 Å². The van der Waals surface area contributed by atoms with Gasteiger partial charge in [-0.05, 0) is 48.4 Å². The molecule has 9 nitrogen and oxygen atoms in total. The van der Waals surface area contributed by atoms with Crippen LogP contribution in [0.25, 0.3) is 5.52 Å². The van der Waals surface area contributed by atoms with E-state index in [0.717, 1.165) is 71.4 Å². The topological polar surface area (TPSA) is 87.4 Å². The van der Waals surface area contributed by atoms with E-state index in [2.05, 4.69) is 43.6 Å². The Balaban J connectivity index is 1.20. The van der Waals surface area contributed by atoms with Crippen molar-refractivity contribution >= 4 is 29.0 Å². The standard InChI is InChI=1S/C27H27N7O2/c1-19-15-21(4-5-25(19)36-24-9-14-33-22(16-24)3-2-10-29-33)31-27-26-20(6-13-34(26)30-18-28-27)17-32-11-7-23(35)8-12-32/h3-6,9-10,13-16,18H,2,7-8,11-12,17H2,1H3,(H,28,30,31). The van der Waals surface area contributed by atoms with Crippen LogP contribution in [0, 0.1) is 6.92 Å². The van der Waals surface area contributed by atoms with Gasteiger partial charge in [0.25, 0.3) is 0 Å². The molecule has 1 N–H and O–H groups in total. The van der Waals surface area contributed by atoms with Gasteiger partial charge in [0.05, 0.1) is 5.70 Å². The molecule has 0 radical (unpaired) electrons. The number of nitrogens with one attached hydrogen (secondary N) is 1. The highest BCUT2D eigenvalue weighted by Crippen LogP contribution is 2.30. The second-order valence-electron chi connectivity index (χ2n) is 9.13. The number of fused-ring (bicyclic) bond motifs is 2. The molecule has 5 heterocycles. The quantitative estimate of drug-likeness (QED) is 0.561. The zero-order valence-electron chi connectivity index (χ0n) is 20.1. The summed E-state index contributed by atoms with van der Waals surface area (Å²) in [4.78, 5) is 18.5. The van der Waals surface area contributed by atoms with Crippen molar-refractivity contribution in [2.75, 3.05) is 18.4 Å². The highest BCUT2D eigenvalue weighted by molar-refractivity contribution is 5.79. The lowest BCUT2D eigenvalue weighted by Crippen LogP contribution is -2.33. The van der Waals surface area contributed by atoms with E-state index in [1.54, 1.807) is 6.33 Å². The molecule has 36 heavy (non-hydrogen) atoms. The van der Waals surface area contributed by atoms with Crippen molar-refractivity contribution in [2.24, 2.45) is 5.10 Å². The number of benzene rings is 1. The Morgan fingerprint density at radius 3 is 2.92 bits per heavy atom. The Kier molecular flexibility index (Phi) is 5.82. The highest BCUT2D eigenvalue weighted by Gasteiger charge is 2.19. The number of anilines is 2. The molecule has 3 aromatic rings. The fourth-order valence-electron chi connectivity index (χ4n) is 4.66. The van der Waals surface area contributed by atoms with E-state index < -0.39 is 0 Å². The number of ether oxygens (including phenoxy) is 1. The summed E-state index contributed by atoms with van der Waals surface area (Å²) in [7, 11) is 0. The van der Waals surface area contributed by atoms with Crippen molar-refractivity contribution in [3.8, 4) is 5.75 Å². The molecule has 9 heteroatoms. The lowest BCUT2D eigenvalue weighted by molar-refractivity contribution is -0.121. The zero-order valence-corrected chi connectivity index (χ0v) is 20.1. The van der Waals surface area contributed by atoms with E-state index in [9.17, 15) is 4.79 Å². The number of nitrogens with zero attached hydrogens (tertiary/aromatic N) is 6. The summed E-state index contributed by atoms with van der Waals surface area (Å²) in [5.41, 5.74) is 5.01. The van der Waals surface area contributed by atoms with Crippen LogP contribution >= 0.6 is 0 Å². The minimum absolute atomic E-state index is 0.347. The Bertz CT molecular complexity index is 1440. The number of hydrogen-bond acceptors (Lipinski definition) is 8. The van der Waals surface area contributed by atoms with Crippen molar-refractivity contribution < 1.29 is 9.53 Å². The molecule has 1 aromatic carbocycles. The van der Waals surface area contributed by atoms with E-state index >= 15 is 0 Å². The van der Waals surface area contributed by atoms with E-state index in [0.29, 0.717) is 18.6 Å². The van der Waals surface area contributed by atoms with Crippen LogP contribution in [-0.4, -0.2) is 49.6 Å². The first-order chi connectivity index (χ1) is 17.6. The minimum atomic E-state index is 0.347. The third-order valence-corrected chi connectivity index (χ3v) is 6.58. The van der Waals surface area contributed by atoms with E-state index in [-0.39, 0.29) is 0 Å². The van der Waals surface area contributed by atoms with Crippen LogP contribution in [0.5, 0.6) is 5.75 Å². The van der Waals surface area contributed by atoms with Crippen molar-refractivity contribution in [1.29, 1.82) is 0 Å². The van der Waals surface area contributed by atoms with Gasteiger partial charge in [0.2, 0.25) is 0 Å². The average Bonchev–Trinajstić information content (AvgIpc) is 3.31. The van der Waals surface area contributed by atoms with Crippen LogP contribution < -0.4 is 10.1 Å². The zero-order chi connectivity index (χ0) is 24.5. The van der Waals surface area contributed by atoms with E-state index in [1.165, 1.54) is 0 Å². The average molecular weight is 482 g/mol. The van der Waals surface area contributed by atoms with Gasteiger partial charge in [-0.15, -0.1) is 0 Å². The summed E-state index contributed by atoms with van der Waals surface area (Å²) in [5.74, 6) is 2.65. The molecule has 182 valence electrons. The smallest absolute Gasteiger partial charge is 0.158 e. The number of carbonyl (C=O) groups excluding carboxylic acids is 1. The lowest BCUT2D eigenvalue weighted by atomic mass is 10.1. The molecule has 0 amide bonds. The fourth-order valence-corrected chi connectivity index (χ4v) is 4.66. The number of allylic oxidation sites excluding steroid dienone is 3. The van der Waals surface area contributed by atoms with Gasteiger partial charge in [-0.3, -0.25) is 9.69 Å². The first-order valence-electron chi connectivity index (χ1n) is 12.1. The molecule has 0 spiro atoms. The van der Waals surface area contributed by atoms with Crippen molar-refractivity contribution in [2.45, 2.75) is 32.7 Å². The number of aromatic nitrogens is 3. The second kappa shape index (κ2) is 9.43. The van der Waals surface area contributed by atoms with Gasteiger partial charge in [-0.1, -0.05) is 6.08 Å². The molecule has 0 aliphatic carbocycles. The van der Waals surface area contributed by atoms with Crippen LogP contribution in [-0.2, 0) is 11.3 Å². The maximum atomic E-state index is 11.6. The van der Waals surface area contributed by atoms with Gasteiger partial charge >= 0.3 is 0 Å². The third kappa shape index (κ3) is 4.52. The molecule has 0 unspecified atom stereocenters. The summed E-state index contributed by atoms with van der Waals surface area (Å²) < 4.78 is 8.02. The lowest BCUT2D eigenvalue weighted by Gasteiger charge is -2.25. The molecule has 0 saturated carbocycles. The number of hydrogen-bond donors (Lipinski definition) is 1. The number of piperidine rings is 1. The maximum absolute atomic E-state index is 11.6. The number of likely N-dealkylation sites (tertiary alicyclic amines) is 1. The first-order valence-corrected chi connectivity index (χ1v) is 12.1. The predicted molar refractivity (Wildman–Crippen MR) is 138 cm³/mol. The molecule has 3 aliphatic rings. The number of rotatable bonds is 6. The number of ketones is 1. The highest BCUT2D eigenvalue weighted by atomic mass is 16.5. The summed E-state index contributed by atoms with van der Waals surface area (Å²) in [5, 5.41) is 14.0. The second-order valence-corrected chi connectivity index (χ2v) is 9.13. The molecular weight excluding hydrogens is 454 g/mol. The molecule has 6 rings (SSSR count). The minimum Gasteiger partial charge on any atom is -0.457 e. The monoisotopic (exact) mass is 481 g/mol. The normalized spacial score (nSPS) is 17.7. The molecule has 2 aromatic heterocycles. The van der Waals surface area contributed by atoms with Crippen LogP contribution in [0.15, 0.2) is 77.8 Å². The van der Waals surface area contributed by atoms with Crippen molar-refractivity contribution in [1.82, 2.24) is 24.5 Å². The number of hydrazone groups is 1. The summed E-state index contributed by atoms with van der Waals surface area (Å²) in [6.07, 6.45) is 15.4. The van der Waals surface area contributed by atoms with Gasteiger partial charge in [0.1, 0.15) is 29.1 Å². The molecule has 3 aliphatic heterocycles.